The molecule has 6 heteroatoms. The van der Waals surface area contributed by atoms with Crippen LogP contribution in [0.3, 0.4) is 0 Å². The Hall–Kier alpha value is -3.15. The van der Waals surface area contributed by atoms with Crippen molar-refractivity contribution in [1.82, 2.24) is 0 Å². The molecule has 0 heterocycles. The molecule has 1 N–H and O–H groups in total. The number of amides is 1. The summed E-state index contributed by atoms with van der Waals surface area (Å²) in [5, 5.41) is 2.81. The third-order valence-corrected chi connectivity index (χ3v) is 4.01. The molecule has 0 aliphatic carbocycles. The number of carbonyl (C=O) groups is 3. The van der Waals surface area contributed by atoms with Crippen molar-refractivity contribution in [2.24, 2.45) is 0 Å². The Labute approximate surface area is 158 Å². The van der Waals surface area contributed by atoms with Gasteiger partial charge in [-0.3, -0.25) is 9.59 Å². The highest BCUT2D eigenvalue weighted by Crippen LogP contribution is 2.18. The van der Waals surface area contributed by atoms with E-state index < -0.39 is 5.97 Å². The lowest BCUT2D eigenvalue weighted by molar-refractivity contribution is -0.116. The normalized spacial score (nSPS) is 10.2. The quantitative estimate of drug-likeness (QED) is 0.435. The van der Waals surface area contributed by atoms with Gasteiger partial charge in [-0.15, -0.1) is 0 Å². The van der Waals surface area contributed by atoms with Gasteiger partial charge in [0.1, 0.15) is 5.75 Å². The Morgan fingerprint density at radius 3 is 2.30 bits per heavy atom. The van der Waals surface area contributed by atoms with Crippen LogP contribution in [-0.2, 0) is 9.53 Å². The molecular formula is C21H23NO5. The van der Waals surface area contributed by atoms with E-state index in [1.165, 1.54) is 14.0 Å². The number of Topliss-reactive ketones (excluding diaryl/α,β-unsaturated/α-hetero) is 1. The van der Waals surface area contributed by atoms with Crippen molar-refractivity contribution in [3.05, 3.63) is 59.2 Å². The number of benzene rings is 2. The Balaban J connectivity index is 1.81. The molecule has 0 aromatic heterocycles. The Kier molecular flexibility index (Phi) is 7.11. The molecule has 0 radical (unpaired) electrons. The Morgan fingerprint density at radius 2 is 1.67 bits per heavy atom. The van der Waals surface area contributed by atoms with Crippen LogP contribution >= 0.6 is 0 Å². The summed E-state index contributed by atoms with van der Waals surface area (Å²) in [6.45, 7) is 3.75. The first kappa shape index (κ1) is 20.2. The van der Waals surface area contributed by atoms with Gasteiger partial charge in [0.05, 0.1) is 19.3 Å². The van der Waals surface area contributed by atoms with Gasteiger partial charge >= 0.3 is 5.97 Å². The first-order chi connectivity index (χ1) is 12.9. The SMILES string of the molecule is COC(=O)c1ccc(C)c(NC(=O)CCCOc2ccc(C(C)=O)cc2)c1. The molecule has 0 aliphatic rings. The van der Waals surface area contributed by atoms with Crippen LogP contribution in [0.4, 0.5) is 5.69 Å². The maximum atomic E-state index is 12.1. The van der Waals surface area contributed by atoms with Crippen LogP contribution in [0.25, 0.3) is 0 Å². The summed E-state index contributed by atoms with van der Waals surface area (Å²) in [4.78, 5) is 35.0. The molecule has 0 saturated carbocycles. The van der Waals surface area contributed by atoms with Crippen molar-refractivity contribution >= 4 is 23.3 Å². The summed E-state index contributed by atoms with van der Waals surface area (Å²) in [6, 6.07) is 11.9. The number of aryl methyl sites for hydroxylation is 1. The molecule has 0 unspecified atom stereocenters. The van der Waals surface area contributed by atoms with Gasteiger partial charge in [-0.25, -0.2) is 4.79 Å². The summed E-state index contributed by atoms with van der Waals surface area (Å²) >= 11 is 0. The van der Waals surface area contributed by atoms with Crippen LogP contribution in [0.2, 0.25) is 0 Å². The number of carbonyl (C=O) groups excluding carboxylic acids is 3. The summed E-state index contributed by atoms with van der Waals surface area (Å²) in [7, 11) is 1.31. The topological polar surface area (TPSA) is 81.7 Å². The minimum Gasteiger partial charge on any atom is -0.494 e. The monoisotopic (exact) mass is 369 g/mol. The zero-order valence-electron chi connectivity index (χ0n) is 15.7. The fraction of sp³-hybridized carbons (Fsp3) is 0.286. The van der Waals surface area contributed by atoms with E-state index in [9.17, 15) is 14.4 Å². The molecule has 0 fully saturated rings. The van der Waals surface area contributed by atoms with Crippen molar-refractivity contribution in [3.63, 3.8) is 0 Å². The molecule has 27 heavy (non-hydrogen) atoms. The third-order valence-electron chi connectivity index (χ3n) is 4.01. The van der Waals surface area contributed by atoms with Gasteiger partial charge < -0.3 is 14.8 Å². The average molecular weight is 369 g/mol. The van der Waals surface area contributed by atoms with E-state index in [-0.39, 0.29) is 18.1 Å². The minimum atomic E-state index is -0.449. The molecule has 2 aromatic rings. The molecule has 142 valence electrons. The number of nitrogens with one attached hydrogen (secondary N) is 1. The van der Waals surface area contributed by atoms with E-state index in [4.69, 9.17) is 9.47 Å². The Bertz CT molecular complexity index is 827. The minimum absolute atomic E-state index is 0.00443. The lowest BCUT2D eigenvalue weighted by atomic mass is 10.1. The molecule has 2 rings (SSSR count). The molecule has 6 nitrogen and oxygen atoms in total. The first-order valence-corrected chi connectivity index (χ1v) is 8.63. The zero-order valence-corrected chi connectivity index (χ0v) is 15.7. The molecule has 0 bridgehead atoms. The smallest absolute Gasteiger partial charge is 0.337 e. The largest absolute Gasteiger partial charge is 0.494 e. The molecule has 0 spiro atoms. The van der Waals surface area contributed by atoms with Gasteiger partial charge in [0.2, 0.25) is 5.91 Å². The number of anilines is 1. The fourth-order valence-corrected chi connectivity index (χ4v) is 2.42. The second-order valence-electron chi connectivity index (χ2n) is 6.10. The predicted molar refractivity (Wildman–Crippen MR) is 102 cm³/mol. The summed E-state index contributed by atoms with van der Waals surface area (Å²) in [5.41, 5.74) is 2.46. The maximum absolute atomic E-state index is 12.1. The van der Waals surface area contributed by atoms with Crippen molar-refractivity contribution in [3.8, 4) is 5.75 Å². The number of ether oxygens (including phenoxy) is 2. The van der Waals surface area contributed by atoms with Crippen molar-refractivity contribution in [2.45, 2.75) is 26.7 Å². The molecule has 1 amide bonds. The number of esters is 1. The van der Waals surface area contributed by atoms with E-state index in [2.05, 4.69) is 5.32 Å². The predicted octanol–water partition coefficient (Wildman–Crippen LogP) is 3.78. The Morgan fingerprint density at radius 1 is 1.00 bits per heavy atom. The highest BCUT2D eigenvalue weighted by atomic mass is 16.5. The second-order valence-corrected chi connectivity index (χ2v) is 6.10. The van der Waals surface area contributed by atoms with Gasteiger partial charge in [-0.2, -0.15) is 0 Å². The van der Waals surface area contributed by atoms with Crippen LogP contribution in [0.15, 0.2) is 42.5 Å². The number of ketones is 1. The van der Waals surface area contributed by atoms with E-state index in [0.717, 1.165) is 5.56 Å². The van der Waals surface area contributed by atoms with Crippen molar-refractivity contribution in [1.29, 1.82) is 0 Å². The van der Waals surface area contributed by atoms with Crippen LogP contribution in [0, 0.1) is 6.92 Å². The van der Waals surface area contributed by atoms with Gasteiger partial charge in [0.25, 0.3) is 0 Å². The first-order valence-electron chi connectivity index (χ1n) is 8.63. The zero-order chi connectivity index (χ0) is 19.8. The standard InChI is InChI=1S/C21H23NO5/c1-14-6-7-17(21(25)26-3)13-19(14)22-20(24)5-4-12-27-18-10-8-16(9-11-18)15(2)23/h6-11,13H,4-5,12H2,1-3H3,(H,22,24). The summed E-state index contributed by atoms with van der Waals surface area (Å²) in [6.07, 6.45) is 0.823. The van der Waals surface area contributed by atoms with E-state index >= 15 is 0 Å². The maximum Gasteiger partial charge on any atom is 0.337 e. The number of rotatable bonds is 8. The summed E-state index contributed by atoms with van der Waals surface area (Å²) in [5.74, 6) is 0.0529. The number of hydrogen-bond donors (Lipinski definition) is 1. The van der Waals surface area contributed by atoms with Crippen LogP contribution in [0.1, 0.15) is 46.0 Å². The average Bonchev–Trinajstić information content (AvgIpc) is 2.66. The lowest BCUT2D eigenvalue weighted by Crippen LogP contribution is -2.14. The van der Waals surface area contributed by atoms with Gasteiger partial charge in [0.15, 0.2) is 5.78 Å². The third kappa shape index (κ3) is 5.95. The van der Waals surface area contributed by atoms with E-state index in [1.807, 2.05) is 6.92 Å². The highest BCUT2D eigenvalue weighted by Gasteiger charge is 2.10. The number of hydrogen-bond acceptors (Lipinski definition) is 5. The lowest BCUT2D eigenvalue weighted by Gasteiger charge is -2.10. The summed E-state index contributed by atoms with van der Waals surface area (Å²) < 4.78 is 10.3. The second kappa shape index (κ2) is 9.52. The van der Waals surface area contributed by atoms with Gasteiger partial charge in [-0.1, -0.05) is 6.07 Å². The number of methoxy groups -OCH3 is 1. The molecule has 0 aliphatic heterocycles. The van der Waals surface area contributed by atoms with E-state index in [0.29, 0.717) is 35.6 Å². The molecule has 0 saturated heterocycles. The van der Waals surface area contributed by atoms with E-state index in [1.54, 1.807) is 42.5 Å². The molecule has 2 aromatic carbocycles. The van der Waals surface area contributed by atoms with Gasteiger partial charge in [0, 0.05) is 17.7 Å². The highest BCUT2D eigenvalue weighted by molar-refractivity contribution is 5.95. The van der Waals surface area contributed by atoms with Crippen molar-refractivity contribution in [2.75, 3.05) is 19.0 Å². The van der Waals surface area contributed by atoms with Crippen LogP contribution in [-0.4, -0.2) is 31.4 Å². The molecular weight excluding hydrogens is 346 g/mol. The van der Waals surface area contributed by atoms with Gasteiger partial charge in [-0.05, 0) is 62.2 Å². The van der Waals surface area contributed by atoms with Crippen LogP contribution in [0.5, 0.6) is 5.75 Å². The van der Waals surface area contributed by atoms with Crippen LogP contribution < -0.4 is 10.1 Å². The fourth-order valence-electron chi connectivity index (χ4n) is 2.42. The molecule has 0 atom stereocenters. The van der Waals surface area contributed by atoms with Crippen molar-refractivity contribution < 1.29 is 23.9 Å².